The van der Waals surface area contributed by atoms with Gasteiger partial charge in [0.15, 0.2) is 0 Å². The summed E-state index contributed by atoms with van der Waals surface area (Å²) in [4.78, 5) is 27.4. The molecule has 0 radical (unpaired) electrons. The zero-order chi connectivity index (χ0) is 22.7. The van der Waals surface area contributed by atoms with Crippen LogP contribution in [0.1, 0.15) is 47.0 Å². The highest BCUT2D eigenvalue weighted by atomic mass is 16.5. The zero-order valence-electron chi connectivity index (χ0n) is 19.9. The van der Waals surface area contributed by atoms with Gasteiger partial charge in [-0.15, -0.1) is 0 Å². The molecule has 1 heterocycles. The van der Waals surface area contributed by atoms with Crippen molar-refractivity contribution in [3.63, 3.8) is 0 Å². The van der Waals surface area contributed by atoms with E-state index in [4.69, 9.17) is 15.2 Å². The van der Waals surface area contributed by atoms with Gasteiger partial charge in [-0.3, -0.25) is 15.0 Å². The van der Waals surface area contributed by atoms with Crippen molar-refractivity contribution in [2.75, 3.05) is 28.3 Å². The van der Waals surface area contributed by atoms with Gasteiger partial charge in [0.25, 0.3) is 0 Å². The first-order chi connectivity index (χ1) is 14.1. The molecular formula is C22H42N4O4. The van der Waals surface area contributed by atoms with Crippen molar-refractivity contribution in [3.8, 4) is 0 Å². The molecule has 1 saturated carbocycles. The molecule has 9 unspecified atom stereocenters. The Hall–Kier alpha value is -1.22. The number of primary amides is 1. The number of carbonyl (C=O) groups excluding carboxylic acids is 2. The average molecular weight is 427 g/mol. The van der Waals surface area contributed by atoms with Crippen LogP contribution in [-0.2, 0) is 19.1 Å². The monoisotopic (exact) mass is 426 g/mol. The Morgan fingerprint density at radius 1 is 1.27 bits per heavy atom. The molecule has 2 amide bonds. The Balaban J connectivity index is 2.23. The van der Waals surface area contributed by atoms with Gasteiger partial charge in [0.05, 0.1) is 36.6 Å². The zero-order valence-corrected chi connectivity index (χ0v) is 19.9. The van der Waals surface area contributed by atoms with Crippen LogP contribution in [0.4, 0.5) is 0 Å². The number of hydrazine groups is 1. The molecule has 2 rings (SSSR count). The van der Waals surface area contributed by atoms with Crippen LogP contribution in [0.3, 0.4) is 0 Å². The summed E-state index contributed by atoms with van der Waals surface area (Å²) >= 11 is 0. The number of likely N-dealkylation sites (tertiary alicyclic amines) is 1. The van der Waals surface area contributed by atoms with Crippen molar-refractivity contribution in [3.05, 3.63) is 0 Å². The number of methoxy groups -OCH3 is 2. The molecule has 1 aliphatic heterocycles. The number of nitrogens with zero attached hydrogens (tertiary/aromatic N) is 2. The maximum absolute atomic E-state index is 13.6. The molecule has 174 valence electrons. The number of rotatable bonds is 12. The minimum absolute atomic E-state index is 0.0604. The van der Waals surface area contributed by atoms with Crippen LogP contribution < -0.4 is 11.2 Å². The van der Waals surface area contributed by atoms with E-state index in [0.29, 0.717) is 24.2 Å². The highest BCUT2D eigenvalue weighted by molar-refractivity contribution is 5.80. The lowest BCUT2D eigenvalue weighted by molar-refractivity contribution is -0.144. The Morgan fingerprint density at radius 3 is 2.37 bits per heavy atom. The summed E-state index contributed by atoms with van der Waals surface area (Å²) in [6.07, 6.45) is 1.51. The molecular weight excluding hydrogens is 384 g/mol. The second kappa shape index (κ2) is 10.4. The van der Waals surface area contributed by atoms with Gasteiger partial charge in [0.1, 0.15) is 0 Å². The van der Waals surface area contributed by atoms with Crippen molar-refractivity contribution < 1.29 is 19.1 Å². The van der Waals surface area contributed by atoms with Crippen molar-refractivity contribution in [1.29, 1.82) is 0 Å². The second-order valence-electron chi connectivity index (χ2n) is 9.20. The van der Waals surface area contributed by atoms with Crippen molar-refractivity contribution in [1.82, 2.24) is 15.3 Å². The molecule has 2 aliphatic rings. The smallest absolute Gasteiger partial charge is 0.225 e. The molecule has 30 heavy (non-hydrogen) atoms. The van der Waals surface area contributed by atoms with Gasteiger partial charge in [0.2, 0.25) is 11.8 Å². The first kappa shape index (κ1) is 25.0. The second-order valence-corrected chi connectivity index (χ2v) is 9.20. The minimum atomic E-state index is -0.454. The molecule has 3 N–H and O–H groups in total. The third kappa shape index (κ3) is 4.82. The van der Waals surface area contributed by atoms with Gasteiger partial charge in [-0.1, -0.05) is 34.1 Å². The number of nitrogens with two attached hydrogens (primary N) is 1. The number of amides is 2. The summed E-state index contributed by atoms with van der Waals surface area (Å²) in [5.74, 6) is 0.527. The number of carbonyl (C=O) groups is 2. The van der Waals surface area contributed by atoms with Gasteiger partial charge in [0, 0.05) is 27.3 Å². The van der Waals surface area contributed by atoms with E-state index in [1.807, 2.05) is 24.0 Å². The number of hydrogen-bond acceptors (Lipinski definition) is 6. The average Bonchev–Trinajstić information content (AvgIpc) is 3.16. The summed E-state index contributed by atoms with van der Waals surface area (Å²) in [5, 5.41) is 2.03. The molecule has 0 aromatic rings. The van der Waals surface area contributed by atoms with E-state index in [0.717, 1.165) is 12.8 Å². The van der Waals surface area contributed by atoms with E-state index >= 15 is 0 Å². The van der Waals surface area contributed by atoms with E-state index < -0.39 is 17.9 Å². The molecule has 0 spiro atoms. The van der Waals surface area contributed by atoms with E-state index in [-0.39, 0.29) is 30.1 Å². The fraction of sp³-hybridized carbons (Fsp3) is 0.909. The lowest BCUT2D eigenvalue weighted by Gasteiger charge is -2.39. The van der Waals surface area contributed by atoms with E-state index in [9.17, 15) is 9.59 Å². The number of likely N-dealkylation sites (N-methyl/N-ethyl adjacent to an activating group) is 1. The molecule has 0 aromatic heterocycles. The van der Waals surface area contributed by atoms with E-state index in [1.165, 1.54) is 0 Å². The lowest BCUT2D eigenvalue weighted by atomic mass is 9.90. The van der Waals surface area contributed by atoms with Gasteiger partial charge in [-0.2, -0.15) is 0 Å². The highest BCUT2D eigenvalue weighted by Crippen LogP contribution is 2.54. The number of fused-ring (bicyclic) bond motifs is 1. The fourth-order valence-corrected chi connectivity index (χ4v) is 5.46. The number of hydrogen-bond donors (Lipinski definition) is 2. The van der Waals surface area contributed by atoms with E-state index in [1.54, 1.807) is 21.1 Å². The Morgan fingerprint density at radius 2 is 1.90 bits per heavy atom. The molecule has 8 heteroatoms. The predicted molar refractivity (Wildman–Crippen MR) is 116 cm³/mol. The molecule has 1 saturated heterocycles. The van der Waals surface area contributed by atoms with Gasteiger partial charge in [-0.25, -0.2) is 5.01 Å². The Bertz CT molecular complexity index is 594. The highest BCUT2D eigenvalue weighted by Gasteiger charge is 2.62. The van der Waals surface area contributed by atoms with Gasteiger partial charge < -0.3 is 20.1 Å². The summed E-state index contributed by atoms with van der Waals surface area (Å²) in [6, 6.07) is 0.157. The van der Waals surface area contributed by atoms with Crippen LogP contribution in [0, 0.1) is 23.7 Å². The van der Waals surface area contributed by atoms with E-state index in [2.05, 4.69) is 26.2 Å². The van der Waals surface area contributed by atoms with Gasteiger partial charge >= 0.3 is 0 Å². The van der Waals surface area contributed by atoms with Crippen LogP contribution in [-0.4, -0.2) is 80.4 Å². The maximum Gasteiger partial charge on any atom is 0.225 e. The van der Waals surface area contributed by atoms with Crippen LogP contribution in [0.5, 0.6) is 0 Å². The molecule has 0 aromatic carbocycles. The molecule has 9 atom stereocenters. The largest absolute Gasteiger partial charge is 0.379 e. The van der Waals surface area contributed by atoms with Gasteiger partial charge in [-0.05, 0) is 31.2 Å². The van der Waals surface area contributed by atoms with Crippen molar-refractivity contribution in [2.24, 2.45) is 29.4 Å². The predicted octanol–water partition coefficient (Wildman–Crippen LogP) is 1.24. The Kier molecular flexibility index (Phi) is 8.68. The number of nitrogens with one attached hydrogen (secondary N) is 1. The SMILES string of the molecule is CCC(C)C(C(CC(=O)N1C(C(OC)C(C)C(N)=O)CC2C(C)C21)OC)N(C)NC. The minimum Gasteiger partial charge on any atom is -0.379 e. The standard InChI is InChI=1S/C22H42N4O4/c1-9-12(2)19(25(6)24-5)17(29-7)11-18(27)26-16(10-15-13(3)20(15)26)21(30-8)14(4)22(23)28/h12-17,19-21,24H,9-11H2,1-8H3,(H2,23,28). The quantitative estimate of drug-likeness (QED) is 0.456. The van der Waals surface area contributed by atoms with Crippen LogP contribution in [0.15, 0.2) is 0 Å². The number of ether oxygens (including phenoxy) is 2. The molecule has 1 aliphatic carbocycles. The molecule has 0 bridgehead atoms. The molecule has 8 nitrogen and oxygen atoms in total. The fourth-order valence-electron chi connectivity index (χ4n) is 5.46. The first-order valence-electron chi connectivity index (χ1n) is 11.2. The third-order valence-electron chi connectivity index (χ3n) is 7.67. The summed E-state index contributed by atoms with van der Waals surface area (Å²) in [6.45, 7) is 8.31. The summed E-state index contributed by atoms with van der Waals surface area (Å²) in [7, 11) is 7.14. The Labute approximate surface area is 181 Å². The maximum atomic E-state index is 13.6. The lowest BCUT2D eigenvalue weighted by Crippen LogP contribution is -2.55. The van der Waals surface area contributed by atoms with Crippen LogP contribution >= 0.6 is 0 Å². The van der Waals surface area contributed by atoms with Crippen molar-refractivity contribution in [2.45, 2.75) is 77.3 Å². The normalized spacial score (nSPS) is 30.5. The topological polar surface area (TPSA) is 97.1 Å². The van der Waals surface area contributed by atoms with Crippen LogP contribution in [0.2, 0.25) is 0 Å². The third-order valence-corrected chi connectivity index (χ3v) is 7.67. The number of piperidine rings is 1. The molecule has 2 fully saturated rings. The summed E-state index contributed by atoms with van der Waals surface area (Å²) in [5.41, 5.74) is 8.74. The van der Waals surface area contributed by atoms with Crippen molar-refractivity contribution >= 4 is 11.8 Å². The summed E-state index contributed by atoms with van der Waals surface area (Å²) < 4.78 is 11.5. The van der Waals surface area contributed by atoms with Crippen LogP contribution in [0.25, 0.3) is 0 Å². The first-order valence-corrected chi connectivity index (χ1v) is 11.2.